The molecule has 0 unspecified atom stereocenters. The first-order chi connectivity index (χ1) is 3.97. The van der Waals surface area contributed by atoms with Crippen molar-refractivity contribution in [3.63, 3.8) is 0 Å². The monoisotopic (exact) mass is 104 g/mol. The van der Waals surface area contributed by atoms with Crippen LogP contribution in [0.1, 0.15) is 19.3 Å². The van der Waals surface area contributed by atoms with Gasteiger partial charge in [-0.25, -0.2) is 0 Å². The molecule has 0 aromatic rings. The fourth-order valence-corrected chi connectivity index (χ4v) is 1.36. The van der Waals surface area contributed by atoms with Crippen LogP contribution in [0, 0.1) is 0 Å². The Labute approximate surface area is 49.2 Å². The molecule has 0 aliphatic heterocycles. The Hall–Kier alpha value is -0.740. The van der Waals surface area contributed by atoms with E-state index in [1.54, 1.807) is 0 Å². The molecule has 0 atom stereocenters. The van der Waals surface area contributed by atoms with Crippen LogP contribution in [0.2, 0.25) is 0 Å². The van der Waals surface area contributed by atoms with Crippen LogP contribution in [0.3, 0.4) is 0 Å². The highest BCUT2D eigenvalue weighted by Gasteiger charge is 2.11. The van der Waals surface area contributed by atoms with Gasteiger partial charge in [-0.1, -0.05) is 0 Å². The molecule has 0 heterocycles. The van der Waals surface area contributed by atoms with Gasteiger partial charge in [0.2, 0.25) is 0 Å². The maximum absolute atomic E-state index is 3.10. The van der Waals surface area contributed by atoms with Crippen molar-refractivity contribution in [1.82, 2.24) is 0 Å². The van der Waals surface area contributed by atoms with Crippen LogP contribution in [0.5, 0.6) is 0 Å². The number of rotatable bonds is 0. The van der Waals surface area contributed by atoms with Crippen molar-refractivity contribution in [1.29, 1.82) is 0 Å². The molecule has 0 amide bonds. The lowest BCUT2D eigenvalue weighted by Gasteiger charge is -1.84. The van der Waals surface area contributed by atoms with Gasteiger partial charge in [0.05, 0.1) is 0 Å². The van der Waals surface area contributed by atoms with Gasteiger partial charge in [-0.15, -0.1) is 5.73 Å². The van der Waals surface area contributed by atoms with Crippen LogP contribution in [-0.4, -0.2) is 0 Å². The van der Waals surface area contributed by atoms with Crippen molar-refractivity contribution in [2.24, 2.45) is 0 Å². The molecule has 0 aromatic heterocycles. The summed E-state index contributed by atoms with van der Waals surface area (Å²) in [5.74, 6) is 0. The number of hydrogen-bond acceptors (Lipinski definition) is 0. The molecule has 8 heavy (non-hydrogen) atoms. The smallest absolute Gasteiger partial charge is 0.0165 e. The predicted molar refractivity (Wildman–Crippen MR) is 33.5 cm³/mol. The third-order valence-corrected chi connectivity index (χ3v) is 1.82. The fourth-order valence-electron chi connectivity index (χ4n) is 1.36. The topological polar surface area (TPSA) is 0 Å². The van der Waals surface area contributed by atoms with Crippen molar-refractivity contribution >= 4 is 0 Å². The quantitative estimate of drug-likeness (QED) is 0.413. The van der Waals surface area contributed by atoms with Crippen LogP contribution in [0.4, 0.5) is 0 Å². The van der Waals surface area contributed by atoms with E-state index in [2.05, 4.69) is 17.9 Å². The van der Waals surface area contributed by atoms with E-state index in [4.69, 9.17) is 0 Å². The lowest BCUT2D eigenvalue weighted by Crippen LogP contribution is -1.66. The van der Waals surface area contributed by atoms with Gasteiger partial charge in [-0.3, -0.25) is 0 Å². The molecule has 0 saturated carbocycles. The summed E-state index contributed by atoms with van der Waals surface area (Å²) in [4.78, 5) is 0. The zero-order valence-electron chi connectivity index (χ0n) is 4.78. The molecule has 0 saturated heterocycles. The lowest BCUT2D eigenvalue weighted by molar-refractivity contribution is 0.904. The van der Waals surface area contributed by atoms with Gasteiger partial charge in [-0.05, 0) is 42.6 Å². The van der Waals surface area contributed by atoms with Crippen LogP contribution in [0.15, 0.2) is 29.0 Å². The average molecular weight is 104 g/mol. The Kier molecular flexibility index (Phi) is 0.712. The minimum atomic E-state index is 1.29. The maximum atomic E-state index is 3.10. The predicted octanol–water partition coefficient (Wildman–Crippen LogP) is 2.19. The Morgan fingerprint density at radius 3 is 2.38 bits per heavy atom. The van der Waals surface area contributed by atoms with Gasteiger partial charge in [0, 0.05) is 0 Å². The highest BCUT2D eigenvalue weighted by molar-refractivity contribution is 5.41. The lowest BCUT2D eigenvalue weighted by atomic mass is 10.2. The minimum Gasteiger partial charge on any atom is -0.120 e. The third kappa shape index (κ3) is 0.410. The van der Waals surface area contributed by atoms with Crippen molar-refractivity contribution in [3.05, 3.63) is 29.0 Å². The van der Waals surface area contributed by atoms with E-state index in [-0.39, 0.29) is 0 Å². The van der Waals surface area contributed by atoms with Crippen molar-refractivity contribution in [3.8, 4) is 0 Å². The summed E-state index contributed by atoms with van der Waals surface area (Å²) in [6, 6.07) is 0. The molecule has 0 spiro atoms. The molecular weight excluding hydrogens is 96.1 g/mol. The Bertz CT molecular complexity index is 182. The first-order valence-electron chi connectivity index (χ1n) is 3.11. The molecule has 40 valence electrons. The van der Waals surface area contributed by atoms with Gasteiger partial charge in [0.15, 0.2) is 0 Å². The maximum Gasteiger partial charge on any atom is -0.0165 e. The third-order valence-electron chi connectivity index (χ3n) is 1.82. The molecule has 2 aliphatic rings. The van der Waals surface area contributed by atoms with E-state index in [9.17, 15) is 0 Å². The van der Waals surface area contributed by atoms with E-state index >= 15 is 0 Å². The van der Waals surface area contributed by atoms with Gasteiger partial charge in [-0.2, -0.15) is 0 Å². The average Bonchev–Trinajstić information content (AvgIpc) is 2.15. The summed E-state index contributed by atoms with van der Waals surface area (Å²) in [6.07, 6.45) is 8.17. The molecular formula is C8H8. The largest absolute Gasteiger partial charge is 0.120 e. The van der Waals surface area contributed by atoms with Crippen molar-refractivity contribution in [2.45, 2.75) is 19.3 Å². The Morgan fingerprint density at radius 2 is 1.75 bits per heavy atom. The van der Waals surface area contributed by atoms with Crippen molar-refractivity contribution < 1.29 is 0 Å². The van der Waals surface area contributed by atoms with Crippen LogP contribution >= 0.6 is 0 Å². The summed E-state index contributed by atoms with van der Waals surface area (Å²) >= 11 is 0. The van der Waals surface area contributed by atoms with Crippen molar-refractivity contribution in [2.75, 3.05) is 0 Å². The molecule has 0 radical (unpaired) electrons. The molecule has 2 aliphatic carbocycles. The summed E-state index contributed by atoms with van der Waals surface area (Å²) in [5, 5.41) is 0. The zero-order chi connectivity index (χ0) is 5.40. The Balaban J connectivity index is 2.42. The molecule has 0 nitrogen and oxygen atoms in total. The first kappa shape index (κ1) is 4.17. The van der Waals surface area contributed by atoms with E-state index < -0.39 is 0 Å². The van der Waals surface area contributed by atoms with Gasteiger partial charge < -0.3 is 0 Å². The second kappa shape index (κ2) is 1.37. The minimum absolute atomic E-state index is 1.29. The van der Waals surface area contributed by atoms with Crippen LogP contribution in [0.25, 0.3) is 0 Å². The van der Waals surface area contributed by atoms with Gasteiger partial charge in [0.1, 0.15) is 0 Å². The van der Waals surface area contributed by atoms with Crippen LogP contribution < -0.4 is 0 Å². The van der Waals surface area contributed by atoms with Gasteiger partial charge >= 0.3 is 0 Å². The van der Waals surface area contributed by atoms with Crippen LogP contribution in [-0.2, 0) is 0 Å². The molecule has 0 bridgehead atoms. The molecule has 0 N–H and O–H groups in total. The second-order valence-electron chi connectivity index (χ2n) is 2.36. The summed E-state index contributed by atoms with van der Waals surface area (Å²) in [5.41, 5.74) is 6.16. The molecule has 0 heteroatoms. The summed E-state index contributed by atoms with van der Waals surface area (Å²) in [7, 11) is 0. The highest BCUT2D eigenvalue weighted by Crippen LogP contribution is 2.29. The Morgan fingerprint density at radius 1 is 1.12 bits per heavy atom. The molecule has 0 fully saturated rings. The standard InChI is InChI=1S/C8H8/c1-3-7-5-2-6-8(7)4-1/h5-6H,1,3-4H2. The zero-order valence-corrected chi connectivity index (χ0v) is 4.78. The molecule has 2 rings (SSSR count). The molecule has 0 aromatic carbocycles. The van der Waals surface area contributed by atoms with E-state index in [1.165, 1.54) is 30.4 Å². The van der Waals surface area contributed by atoms with Gasteiger partial charge in [0.25, 0.3) is 0 Å². The van der Waals surface area contributed by atoms with E-state index in [1.807, 2.05) is 0 Å². The first-order valence-corrected chi connectivity index (χ1v) is 3.11. The normalized spacial score (nSPS) is 23.0. The van der Waals surface area contributed by atoms with E-state index in [0.717, 1.165) is 0 Å². The summed E-state index contributed by atoms with van der Waals surface area (Å²) in [6.45, 7) is 0. The number of hydrogen-bond donors (Lipinski definition) is 0. The highest BCUT2D eigenvalue weighted by atomic mass is 14.2. The van der Waals surface area contributed by atoms with E-state index in [0.29, 0.717) is 0 Å². The number of allylic oxidation sites excluding steroid dienone is 3. The summed E-state index contributed by atoms with van der Waals surface area (Å²) < 4.78 is 0. The second-order valence-corrected chi connectivity index (χ2v) is 2.36. The fraction of sp³-hybridized carbons (Fsp3) is 0.375. The SMILES string of the molecule is C1=CC2=C(C=1)CCC2.